The third-order valence-corrected chi connectivity index (χ3v) is 4.52. The predicted octanol–water partition coefficient (Wildman–Crippen LogP) is 3.99. The standard InChI is InChI=1S/C16H11F3N4O6/c17-16(18,19)11-6-13(22(26)27)15(14(7-11)23(28)29)20-4-3-9-1-2-12(21(24)25)5-10(9)8-20/h1-2,5-7H,3-4,8H2. The van der Waals surface area contributed by atoms with Gasteiger partial charge in [0, 0.05) is 37.4 Å². The number of nitrogens with zero attached hydrogens (tertiary/aromatic N) is 4. The van der Waals surface area contributed by atoms with E-state index in [0.717, 1.165) is 0 Å². The number of nitro benzene ring substituents is 3. The van der Waals surface area contributed by atoms with Crippen LogP contribution in [0, 0.1) is 30.3 Å². The van der Waals surface area contributed by atoms with Crippen molar-refractivity contribution in [3.63, 3.8) is 0 Å². The van der Waals surface area contributed by atoms with Gasteiger partial charge in [0.25, 0.3) is 17.1 Å². The Morgan fingerprint density at radius 1 is 0.862 bits per heavy atom. The Bertz CT molecular complexity index is 1000. The van der Waals surface area contributed by atoms with Crippen molar-refractivity contribution in [1.82, 2.24) is 0 Å². The first-order chi connectivity index (χ1) is 13.5. The monoisotopic (exact) mass is 412 g/mol. The summed E-state index contributed by atoms with van der Waals surface area (Å²) in [5, 5.41) is 33.8. The largest absolute Gasteiger partial charge is 0.416 e. The molecule has 0 amide bonds. The summed E-state index contributed by atoms with van der Waals surface area (Å²) in [5.74, 6) is 0. The second-order valence-corrected chi connectivity index (χ2v) is 6.26. The van der Waals surface area contributed by atoms with Crippen molar-refractivity contribution in [3.05, 3.63) is 77.4 Å². The summed E-state index contributed by atoms with van der Waals surface area (Å²) < 4.78 is 39.1. The first-order valence-corrected chi connectivity index (χ1v) is 8.04. The zero-order valence-corrected chi connectivity index (χ0v) is 14.4. The van der Waals surface area contributed by atoms with Crippen LogP contribution in [0.15, 0.2) is 30.3 Å². The van der Waals surface area contributed by atoms with E-state index in [4.69, 9.17) is 0 Å². The van der Waals surface area contributed by atoms with Crippen LogP contribution in [0.1, 0.15) is 16.7 Å². The lowest BCUT2D eigenvalue weighted by Crippen LogP contribution is -2.31. The maximum atomic E-state index is 13.0. The molecule has 0 atom stereocenters. The highest BCUT2D eigenvalue weighted by atomic mass is 19.4. The zero-order chi connectivity index (χ0) is 21.5. The van der Waals surface area contributed by atoms with E-state index >= 15 is 0 Å². The van der Waals surface area contributed by atoms with Crippen molar-refractivity contribution in [2.24, 2.45) is 0 Å². The number of fused-ring (bicyclic) bond motifs is 1. The van der Waals surface area contributed by atoms with Gasteiger partial charge in [0.2, 0.25) is 0 Å². The lowest BCUT2D eigenvalue weighted by molar-refractivity contribution is -0.393. The van der Waals surface area contributed by atoms with Crippen LogP contribution in [0.5, 0.6) is 0 Å². The topological polar surface area (TPSA) is 133 Å². The molecule has 2 aromatic carbocycles. The molecule has 0 aromatic heterocycles. The number of anilines is 1. The van der Waals surface area contributed by atoms with Gasteiger partial charge in [-0.1, -0.05) is 6.07 Å². The Balaban J connectivity index is 2.15. The molecule has 1 aliphatic heterocycles. The van der Waals surface area contributed by atoms with E-state index in [-0.39, 0.29) is 37.3 Å². The van der Waals surface area contributed by atoms with Crippen LogP contribution < -0.4 is 4.90 Å². The Labute approximate surface area is 159 Å². The van der Waals surface area contributed by atoms with E-state index in [1.807, 2.05) is 0 Å². The highest BCUT2D eigenvalue weighted by molar-refractivity contribution is 5.77. The molecule has 0 spiro atoms. The highest BCUT2D eigenvalue weighted by Gasteiger charge is 2.39. The number of benzene rings is 2. The van der Waals surface area contributed by atoms with Crippen molar-refractivity contribution >= 4 is 22.7 Å². The summed E-state index contributed by atoms with van der Waals surface area (Å²) in [4.78, 5) is 32.1. The van der Waals surface area contributed by atoms with Crippen molar-refractivity contribution < 1.29 is 27.9 Å². The van der Waals surface area contributed by atoms with Gasteiger partial charge in [0.05, 0.1) is 20.3 Å². The Kier molecular flexibility index (Phi) is 4.82. The van der Waals surface area contributed by atoms with Crippen LogP contribution in [-0.2, 0) is 19.1 Å². The normalized spacial score (nSPS) is 13.7. The number of hydrogen-bond acceptors (Lipinski definition) is 7. The van der Waals surface area contributed by atoms with E-state index in [0.29, 0.717) is 11.1 Å². The summed E-state index contributed by atoms with van der Waals surface area (Å²) >= 11 is 0. The lowest BCUT2D eigenvalue weighted by atomic mass is 9.98. The smallest absolute Gasteiger partial charge is 0.356 e. The molecule has 0 bridgehead atoms. The molecule has 0 N–H and O–H groups in total. The zero-order valence-electron chi connectivity index (χ0n) is 14.4. The quantitative estimate of drug-likeness (QED) is 0.548. The van der Waals surface area contributed by atoms with Crippen LogP contribution in [0.4, 0.5) is 35.9 Å². The SMILES string of the molecule is O=[N+]([O-])c1ccc2c(c1)CN(c1c([N+](=O)[O-])cc(C(F)(F)F)cc1[N+](=O)[O-])CC2. The van der Waals surface area contributed by atoms with E-state index in [1.165, 1.54) is 23.1 Å². The van der Waals surface area contributed by atoms with Crippen LogP contribution in [0.25, 0.3) is 0 Å². The predicted molar refractivity (Wildman–Crippen MR) is 92.6 cm³/mol. The molecule has 1 heterocycles. The summed E-state index contributed by atoms with van der Waals surface area (Å²) in [6.07, 6.45) is -4.76. The number of hydrogen-bond donors (Lipinski definition) is 0. The second-order valence-electron chi connectivity index (χ2n) is 6.26. The average molecular weight is 412 g/mol. The van der Waals surface area contributed by atoms with Crippen LogP contribution >= 0.6 is 0 Å². The maximum absolute atomic E-state index is 13.0. The molecule has 0 unspecified atom stereocenters. The maximum Gasteiger partial charge on any atom is 0.416 e. The van der Waals surface area contributed by atoms with Gasteiger partial charge >= 0.3 is 6.18 Å². The number of alkyl halides is 3. The molecule has 2 aromatic rings. The van der Waals surface area contributed by atoms with Crippen LogP contribution in [0.2, 0.25) is 0 Å². The first-order valence-electron chi connectivity index (χ1n) is 8.04. The fourth-order valence-electron chi connectivity index (χ4n) is 3.22. The molecule has 0 radical (unpaired) electrons. The highest BCUT2D eigenvalue weighted by Crippen LogP contribution is 2.44. The fraction of sp³-hybridized carbons (Fsp3) is 0.250. The van der Waals surface area contributed by atoms with Crippen molar-refractivity contribution in [1.29, 1.82) is 0 Å². The number of non-ortho nitro benzene ring substituents is 1. The summed E-state index contributed by atoms with van der Waals surface area (Å²) in [6, 6.07) is 4.55. The van der Waals surface area contributed by atoms with E-state index in [1.54, 1.807) is 0 Å². The van der Waals surface area contributed by atoms with Gasteiger partial charge in [-0.2, -0.15) is 13.2 Å². The van der Waals surface area contributed by atoms with E-state index in [2.05, 4.69) is 0 Å². The average Bonchev–Trinajstić information content (AvgIpc) is 2.65. The third kappa shape index (κ3) is 3.79. The molecule has 10 nitrogen and oxygen atoms in total. The fourth-order valence-corrected chi connectivity index (χ4v) is 3.22. The lowest BCUT2D eigenvalue weighted by Gasteiger charge is -2.30. The van der Waals surface area contributed by atoms with Gasteiger partial charge in [-0.3, -0.25) is 30.3 Å². The van der Waals surface area contributed by atoms with Crippen molar-refractivity contribution in [2.75, 3.05) is 11.4 Å². The molecule has 0 aliphatic carbocycles. The summed E-state index contributed by atoms with van der Waals surface area (Å²) in [7, 11) is 0. The molecule has 29 heavy (non-hydrogen) atoms. The second kappa shape index (κ2) is 7.00. The van der Waals surface area contributed by atoms with Gasteiger partial charge in [0.15, 0.2) is 5.69 Å². The molecule has 152 valence electrons. The molecule has 3 rings (SSSR count). The summed E-state index contributed by atoms with van der Waals surface area (Å²) in [6.45, 7) is -0.109. The van der Waals surface area contributed by atoms with Gasteiger partial charge in [-0.25, -0.2) is 0 Å². The minimum Gasteiger partial charge on any atom is -0.356 e. The van der Waals surface area contributed by atoms with Crippen LogP contribution in [0.3, 0.4) is 0 Å². The number of nitro groups is 3. The molecular weight excluding hydrogens is 401 g/mol. The Morgan fingerprint density at radius 3 is 1.93 bits per heavy atom. The number of halogens is 3. The first kappa shape index (κ1) is 20.0. The minimum absolute atomic E-state index is 0.0534. The molecular formula is C16H11F3N4O6. The Hall–Kier alpha value is -3.77. The molecule has 0 saturated carbocycles. The van der Waals surface area contributed by atoms with Crippen molar-refractivity contribution in [3.8, 4) is 0 Å². The molecule has 1 aliphatic rings. The molecule has 0 saturated heterocycles. The summed E-state index contributed by atoms with van der Waals surface area (Å²) in [5.41, 5.74) is -3.29. The minimum atomic E-state index is -5.01. The third-order valence-electron chi connectivity index (χ3n) is 4.52. The van der Waals surface area contributed by atoms with E-state index < -0.39 is 43.6 Å². The van der Waals surface area contributed by atoms with Gasteiger partial charge in [-0.15, -0.1) is 0 Å². The van der Waals surface area contributed by atoms with E-state index in [9.17, 15) is 43.5 Å². The number of rotatable bonds is 4. The molecule has 0 fully saturated rings. The van der Waals surface area contributed by atoms with Crippen molar-refractivity contribution in [2.45, 2.75) is 19.1 Å². The van der Waals surface area contributed by atoms with Gasteiger partial charge in [0.1, 0.15) is 0 Å². The van der Waals surface area contributed by atoms with Gasteiger partial charge < -0.3 is 4.90 Å². The Morgan fingerprint density at radius 2 is 1.45 bits per heavy atom. The van der Waals surface area contributed by atoms with Crippen LogP contribution in [-0.4, -0.2) is 21.3 Å². The molecule has 13 heteroatoms. The van der Waals surface area contributed by atoms with Gasteiger partial charge in [-0.05, 0) is 17.5 Å².